The van der Waals surface area contributed by atoms with Crippen molar-refractivity contribution < 1.29 is 9.32 Å². The Hall–Kier alpha value is -1.52. The lowest BCUT2D eigenvalue weighted by Gasteiger charge is -2.08. The maximum atomic E-state index is 12.1. The first-order valence-electron chi connectivity index (χ1n) is 5.19. The van der Waals surface area contributed by atoms with Crippen LogP contribution in [0.5, 0.6) is 0 Å². The highest BCUT2D eigenvalue weighted by molar-refractivity contribution is 6.40. The number of halogens is 2. The van der Waals surface area contributed by atoms with E-state index < -0.39 is 0 Å². The molecule has 0 atom stereocenters. The van der Waals surface area contributed by atoms with Crippen LogP contribution in [0.1, 0.15) is 21.8 Å². The molecular formula is C12H10Cl2N2O2. The Bertz CT molecular complexity index is 568. The van der Waals surface area contributed by atoms with E-state index >= 15 is 0 Å². The van der Waals surface area contributed by atoms with Crippen LogP contribution in [0, 0.1) is 13.8 Å². The van der Waals surface area contributed by atoms with Gasteiger partial charge in [0.2, 0.25) is 0 Å². The van der Waals surface area contributed by atoms with E-state index in [1.54, 1.807) is 32.0 Å². The van der Waals surface area contributed by atoms with E-state index in [2.05, 4.69) is 10.5 Å². The Balaban J connectivity index is 2.33. The zero-order valence-corrected chi connectivity index (χ0v) is 11.3. The standard InChI is InChI=1S/C12H10Cl2N2O2/c1-6-10(7(2)18-16-6)12(17)15-11-8(13)4-3-5-9(11)14/h3-5H,1-2H3,(H,15,17). The van der Waals surface area contributed by atoms with Gasteiger partial charge in [-0.15, -0.1) is 0 Å². The number of nitrogens with zero attached hydrogens (tertiary/aromatic N) is 1. The van der Waals surface area contributed by atoms with Crippen molar-refractivity contribution in [3.8, 4) is 0 Å². The number of aromatic nitrogens is 1. The van der Waals surface area contributed by atoms with Gasteiger partial charge < -0.3 is 9.84 Å². The summed E-state index contributed by atoms with van der Waals surface area (Å²) >= 11 is 12.0. The smallest absolute Gasteiger partial charge is 0.261 e. The first-order valence-corrected chi connectivity index (χ1v) is 5.94. The molecule has 1 heterocycles. The predicted octanol–water partition coefficient (Wildman–Crippen LogP) is 3.85. The van der Waals surface area contributed by atoms with Gasteiger partial charge in [0.15, 0.2) is 0 Å². The Morgan fingerprint density at radius 3 is 2.39 bits per heavy atom. The molecule has 1 aromatic carbocycles. The molecule has 0 unspecified atom stereocenters. The molecule has 0 saturated heterocycles. The Morgan fingerprint density at radius 2 is 1.89 bits per heavy atom. The van der Waals surface area contributed by atoms with Gasteiger partial charge in [-0.2, -0.15) is 0 Å². The van der Waals surface area contributed by atoms with E-state index in [1.807, 2.05) is 0 Å². The quantitative estimate of drug-likeness (QED) is 0.911. The van der Waals surface area contributed by atoms with Crippen LogP contribution in [-0.4, -0.2) is 11.1 Å². The summed E-state index contributed by atoms with van der Waals surface area (Å²) in [5, 5.41) is 7.14. The zero-order chi connectivity index (χ0) is 13.3. The average Bonchev–Trinajstić information content (AvgIpc) is 2.64. The molecule has 0 spiro atoms. The summed E-state index contributed by atoms with van der Waals surface area (Å²) in [4.78, 5) is 12.1. The summed E-state index contributed by atoms with van der Waals surface area (Å²) in [6.07, 6.45) is 0. The number of hydrogen-bond donors (Lipinski definition) is 1. The van der Waals surface area contributed by atoms with E-state index in [4.69, 9.17) is 27.7 Å². The Morgan fingerprint density at radius 1 is 1.28 bits per heavy atom. The molecule has 18 heavy (non-hydrogen) atoms. The van der Waals surface area contributed by atoms with Gasteiger partial charge in [0, 0.05) is 0 Å². The van der Waals surface area contributed by atoms with Gasteiger partial charge in [-0.1, -0.05) is 34.4 Å². The van der Waals surface area contributed by atoms with Crippen molar-refractivity contribution in [1.82, 2.24) is 5.16 Å². The van der Waals surface area contributed by atoms with Crippen molar-refractivity contribution in [1.29, 1.82) is 0 Å². The molecule has 0 aliphatic heterocycles. The number of carbonyl (C=O) groups excluding carboxylic acids is 1. The first-order chi connectivity index (χ1) is 8.50. The lowest BCUT2D eigenvalue weighted by molar-refractivity contribution is 0.102. The molecule has 4 nitrogen and oxygen atoms in total. The molecule has 1 amide bonds. The van der Waals surface area contributed by atoms with Crippen molar-refractivity contribution in [2.75, 3.05) is 5.32 Å². The molecule has 0 saturated carbocycles. The number of hydrogen-bond acceptors (Lipinski definition) is 3. The fourth-order valence-electron chi connectivity index (χ4n) is 1.60. The molecule has 94 valence electrons. The lowest BCUT2D eigenvalue weighted by atomic mass is 10.2. The summed E-state index contributed by atoms with van der Waals surface area (Å²) in [5.74, 6) is 0.106. The average molecular weight is 285 g/mol. The highest BCUT2D eigenvalue weighted by atomic mass is 35.5. The van der Waals surface area contributed by atoms with Crippen LogP contribution in [-0.2, 0) is 0 Å². The van der Waals surface area contributed by atoms with Crippen LogP contribution in [0.25, 0.3) is 0 Å². The van der Waals surface area contributed by atoms with Gasteiger partial charge in [0.1, 0.15) is 11.3 Å². The third kappa shape index (κ3) is 2.35. The minimum Gasteiger partial charge on any atom is -0.361 e. The highest BCUT2D eigenvalue weighted by Gasteiger charge is 2.19. The first kappa shape index (κ1) is 12.9. The van der Waals surface area contributed by atoms with Crippen LogP contribution >= 0.6 is 23.2 Å². The van der Waals surface area contributed by atoms with E-state index in [0.29, 0.717) is 32.8 Å². The number of carbonyl (C=O) groups is 1. The molecule has 6 heteroatoms. The maximum absolute atomic E-state index is 12.1. The van der Waals surface area contributed by atoms with Crippen LogP contribution in [0.15, 0.2) is 22.7 Å². The monoisotopic (exact) mass is 284 g/mol. The molecule has 0 radical (unpaired) electrons. The summed E-state index contributed by atoms with van der Waals surface area (Å²) in [7, 11) is 0. The summed E-state index contributed by atoms with van der Waals surface area (Å²) in [6, 6.07) is 5.00. The van der Waals surface area contributed by atoms with Crippen molar-refractivity contribution in [3.05, 3.63) is 45.3 Å². The molecule has 1 aromatic heterocycles. The van der Waals surface area contributed by atoms with Gasteiger partial charge in [-0.05, 0) is 26.0 Å². The van der Waals surface area contributed by atoms with Gasteiger partial charge in [0.25, 0.3) is 5.91 Å². The van der Waals surface area contributed by atoms with Gasteiger partial charge in [-0.3, -0.25) is 4.79 Å². The Kier molecular flexibility index (Phi) is 3.59. The normalized spacial score (nSPS) is 10.4. The van der Waals surface area contributed by atoms with Crippen LogP contribution in [0.4, 0.5) is 5.69 Å². The fraction of sp³-hybridized carbons (Fsp3) is 0.167. The summed E-state index contributed by atoms with van der Waals surface area (Å²) in [6.45, 7) is 3.36. The van der Waals surface area contributed by atoms with Gasteiger partial charge >= 0.3 is 0 Å². The van der Waals surface area contributed by atoms with E-state index in [1.165, 1.54) is 0 Å². The summed E-state index contributed by atoms with van der Waals surface area (Å²) in [5.41, 5.74) is 1.30. The second-order valence-corrected chi connectivity index (χ2v) is 4.56. The minimum atomic E-state index is -0.346. The van der Waals surface area contributed by atoms with E-state index in [9.17, 15) is 4.79 Å². The topological polar surface area (TPSA) is 55.1 Å². The number of para-hydroxylation sites is 1. The molecule has 1 N–H and O–H groups in total. The SMILES string of the molecule is Cc1noc(C)c1C(=O)Nc1c(Cl)cccc1Cl. The number of amides is 1. The third-order valence-electron chi connectivity index (χ3n) is 2.46. The Labute approximate surface area is 114 Å². The number of nitrogens with one attached hydrogen (secondary N) is 1. The molecule has 0 fully saturated rings. The highest BCUT2D eigenvalue weighted by Crippen LogP contribution is 2.30. The molecular weight excluding hydrogens is 275 g/mol. The van der Waals surface area contributed by atoms with Crippen molar-refractivity contribution >= 4 is 34.8 Å². The summed E-state index contributed by atoms with van der Waals surface area (Å²) < 4.78 is 4.94. The predicted molar refractivity (Wildman–Crippen MR) is 70.4 cm³/mol. The van der Waals surface area contributed by atoms with Crippen molar-refractivity contribution in [3.63, 3.8) is 0 Å². The van der Waals surface area contributed by atoms with E-state index in [0.717, 1.165) is 0 Å². The molecule has 0 aliphatic rings. The number of aryl methyl sites for hydroxylation is 2. The van der Waals surface area contributed by atoms with Crippen molar-refractivity contribution in [2.24, 2.45) is 0 Å². The number of anilines is 1. The molecule has 0 bridgehead atoms. The lowest BCUT2D eigenvalue weighted by Crippen LogP contribution is -2.14. The van der Waals surface area contributed by atoms with Gasteiger partial charge in [-0.25, -0.2) is 0 Å². The minimum absolute atomic E-state index is 0.346. The molecule has 0 aliphatic carbocycles. The van der Waals surface area contributed by atoms with Crippen LogP contribution < -0.4 is 5.32 Å². The van der Waals surface area contributed by atoms with Crippen LogP contribution in [0.3, 0.4) is 0 Å². The second kappa shape index (κ2) is 5.00. The number of rotatable bonds is 2. The second-order valence-electron chi connectivity index (χ2n) is 3.75. The van der Waals surface area contributed by atoms with Crippen molar-refractivity contribution in [2.45, 2.75) is 13.8 Å². The zero-order valence-electron chi connectivity index (χ0n) is 9.75. The number of benzene rings is 1. The fourth-order valence-corrected chi connectivity index (χ4v) is 2.09. The molecule has 2 aromatic rings. The van der Waals surface area contributed by atoms with Crippen LogP contribution in [0.2, 0.25) is 10.0 Å². The van der Waals surface area contributed by atoms with E-state index in [-0.39, 0.29) is 5.91 Å². The maximum Gasteiger partial charge on any atom is 0.261 e. The molecule has 2 rings (SSSR count). The largest absolute Gasteiger partial charge is 0.361 e. The third-order valence-corrected chi connectivity index (χ3v) is 3.09. The van der Waals surface area contributed by atoms with Gasteiger partial charge in [0.05, 0.1) is 21.4 Å².